The molecule has 0 saturated carbocycles. The molecule has 0 atom stereocenters. The predicted octanol–water partition coefficient (Wildman–Crippen LogP) is 3.72. The molecule has 4 nitrogen and oxygen atoms in total. The molecular weight excluding hydrogens is 240 g/mol. The van der Waals surface area contributed by atoms with Crippen molar-refractivity contribution < 1.29 is 9.90 Å². The summed E-state index contributed by atoms with van der Waals surface area (Å²) in [5.41, 5.74) is 0.877. The molecule has 0 saturated heterocycles. The zero-order valence-corrected chi connectivity index (χ0v) is 11.3. The summed E-state index contributed by atoms with van der Waals surface area (Å²) in [4.78, 5) is 14.9. The Morgan fingerprint density at radius 1 is 1.32 bits per heavy atom. The minimum Gasteiger partial charge on any atom is -0.478 e. The van der Waals surface area contributed by atoms with Crippen molar-refractivity contribution in [2.24, 2.45) is 0 Å². The number of aromatic nitrogens is 1. The number of hydrogen-bond donors (Lipinski definition) is 2. The molecule has 2 N–H and O–H groups in total. The van der Waals surface area contributed by atoms with Gasteiger partial charge in [-0.15, -0.1) is 6.58 Å². The molecule has 0 bridgehead atoms. The van der Waals surface area contributed by atoms with Gasteiger partial charge in [0.05, 0.1) is 17.4 Å². The highest BCUT2D eigenvalue weighted by molar-refractivity contribution is 5.93. The minimum atomic E-state index is -0.922. The molecule has 0 aliphatic rings. The number of pyridine rings is 1. The van der Waals surface area contributed by atoms with Gasteiger partial charge in [0, 0.05) is 12.7 Å². The van der Waals surface area contributed by atoms with Crippen LogP contribution < -0.4 is 5.32 Å². The lowest BCUT2D eigenvalue weighted by Crippen LogP contribution is -2.08. The van der Waals surface area contributed by atoms with Crippen molar-refractivity contribution in [1.82, 2.24) is 4.98 Å². The number of nitrogens with zero attached hydrogens (tertiary/aromatic N) is 1. The van der Waals surface area contributed by atoms with Crippen LogP contribution in [0.5, 0.6) is 0 Å². The fourth-order valence-electron chi connectivity index (χ4n) is 1.89. The lowest BCUT2D eigenvalue weighted by molar-refractivity contribution is 0.0698. The second kappa shape index (κ2) is 9.14. The van der Waals surface area contributed by atoms with E-state index in [4.69, 9.17) is 5.11 Å². The van der Waals surface area contributed by atoms with Crippen molar-refractivity contribution in [3.05, 3.63) is 36.7 Å². The first-order chi connectivity index (χ1) is 9.25. The first kappa shape index (κ1) is 15.2. The number of rotatable bonds is 10. The van der Waals surface area contributed by atoms with Gasteiger partial charge in [-0.3, -0.25) is 4.98 Å². The maximum absolute atomic E-state index is 11.0. The van der Waals surface area contributed by atoms with Crippen molar-refractivity contribution in [1.29, 1.82) is 0 Å². The number of unbranched alkanes of at least 4 members (excludes halogenated alkanes) is 5. The van der Waals surface area contributed by atoms with Gasteiger partial charge in [-0.05, 0) is 25.3 Å². The summed E-state index contributed by atoms with van der Waals surface area (Å²) in [6.07, 6.45) is 12.0. The molecular formula is C15H22N2O2. The van der Waals surface area contributed by atoms with Gasteiger partial charge in [-0.2, -0.15) is 0 Å². The zero-order chi connectivity index (χ0) is 13.9. The number of anilines is 1. The summed E-state index contributed by atoms with van der Waals surface area (Å²) in [6, 6.07) is 1.51. The van der Waals surface area contributed by atoms with Crippen molar-refractivity contribution in [2.45, 2.75) is 38.5 Å². The molecule has 1 aromatic rings. The zero-order valence-electron chi connectivity index (χ0n) is 11.3. The smallest absolute Gasteiger partial charge is 0.337 e. The average Bonchev–Trinajstić information content (AvgIpc) is 2.42. The summed E-state index contributed by atoms with van der Waals surface area (Å²) in [6.45, 7) is 4.49. The average molecular weight is 262 g/mol. The van der Waals surface area contributed by atoms with Gasteiger partial charge in [0.2, 0.25) is 0 Å². The molecule has 19 heavy (non-hydrogen) atoms. The largest absolute Gasteiger partial charge is 0.478 e. The monoisotopic (exact) mass is 262 g/mol. The van der Waals surface area contributed by atoms with E-state index in [1.807, 2.05) is 6.08 Å². The van der Waals surface area contributed by atoms with Gasteiger partial charge < -0.3 is 10.4 Å². The summed E-state index contributed by atoms with van der Waals surface area (Å²) in [5.74, 6) is -0.922. The predicted molar refractivity (Wildman–Crippen MR) is 77.6 cm³/mol. The fourth-order valence-corrected chi connectivity index (χ4v) is 1.89. The molecule has 0 aromatic carbocycles. The fraction of sp³-hybridized carbons (Fsp3) is 0.467. The highest BCUT2D eigenvalue weighted by Gasteiger charge is 2.08. The Kier molecular flexibility index (Phi) is 7.32. The Morgan fingerprint density at radius 3 is 2.79 bits per heavy atom. The third-order valence-electron chi connectivity index (χ3n) is 2.95. The van der Waals surface area contributed by atoms with E-state index >= 15 is 0 Å². The van der Waals surface area contributed by atoms with E-state index < -0.39 is 5.97 Å². The topological polar surface area (TPSA) is 62.2 Å². The molecule has 1 heterocycles. The second-order valence-electron chi connectivity index (χ2n) is 4.50. The van der Waals surface area contributed by atoms with Gasteiger partial charge in [0.15, 0.2) is 0 Å². The Morgan fingerprint density at radius 2 is 2.05 bits per heavy atom. The Hall–Kier alpha value is -1.84. The van der Waals surface area contributed by atoms with Crippen molar-refractivity contribution >= 4 is 11.7 Å². The van der Waals surface area contributed by atoms with Gasteiger partial charge in [0.25, 0.3) is 0 Å². The highest BCUT2D eigenvalue weighted by atomic mass is 16.4. The van der Waals surface area contributed by atoms with Crippen LogP contribution in [0.3, 0.4) is 0 Å². The molecule has 0 aliphatic heterocycles. The molecule has 0 unspecified atom stereocenters. The van der Waals surface area contributed by atoms with Crippen molar-refractivity contribution in [2.75, 3.05) is 11.9 Å². The van der Waals surface area contributed by atoms with Crippen LogP contribution in [-0.4, -0.2) is 22.6 Å². The number of carboxylic acid groups (broad SMARTS) is 1. The maximum Gasteiger partial charge on any atom is 0.337 e. The summed E-state index contributed by atoms with van der Waals surface area (Å²) >= 11 is 0. The van der Waals surface area contributed by atoms with Crippen LogP contribution in [0.15, 0.2) is 31.1 Å². The number of carboxylic acids is 1. The van der Waals surface area contributed by atoms with E-state index in [-0.39, 0.29) is 5.56 Å². The second-order valence-corrected chi connectivity index (χ2v) is 4.50. The number of carbonyl (C=O) groups is 1. The molecule has 0 amide bonds. The van der Waals surface area contributed by atoms with Crippen LogP contribution in [0.4, 0.5) is 5.69 Å². The minimum absolute atomic E-state index is 0.279. The molecule has 1 aromatic heterocycles. The normalized spacial score (nSPS) is 10.1. The highest BCUT2D eigenvalue weighted by Crippen LogP contribution is 2.13. The quantitative estimate of drug-likeness (QED) is 0.498. The summed E-state index contributed by atoms with van der Waals surface area (Å²) < 4.78 is 0. The van der Waals surface area contributed by atoms with E-state index in [0.29, 0.717) is 5.69 Å². The van der Waals surface area contributed by atoms with Crippen LogP contribution in [0.1, 0.15) is 48.9 Å². The van der Waals surface area contributed by atoms with E-state index in [2.05, 4.69) is 16.9 Å². The standard InChI is InChI=1S/C15H22N2O2/c1-2-3-4-5-6-7-8-10-17-14-12-16-11-9-13(14)15(18)19/h2,9,11-12,17H,1,3-8,10H2,(H,18,19). The molecule has 4 heteroatoms. The molecule has 0 fully saturated rings. The Bertz CT molecular complexity index is 405. The van der Waals surface area contributed by atoms with Gasteiger partial charge in [-0.25, -0.2) is 4.79 Å². The third kappa shape index (κ3) is 6.04. The molecule has 0 radical (unpaired) electrons. The first-order valence-electron chi connectivity index (χ1n) is 6.77. The van der Waals surface area contributed by atoms with Gasteiger partial charge >= 0.3 is 5.97 Å². The van der Waals surface area contributed by atoms with Crippen LogP contribution in [-0.2, 0) is 0 Å². The molecule has 0 aliphatic carbocycles. The molecule has 0 spiro atoms. The Labute approximate surface area is 114 Å². The maximum atomic E-state index is 11.0. The molecule has 1 rings (SSSR count). The SMILES string of the molecule is C=CCCCCCCCNc1cnccc1C(=O)O. The number of allylic oxidation sites excluding steroid dienone is 1. The van der Waals surface area contributed by atoms with E-state index in [9.17, 15) is 4.79 Å². The lowest BCUT2D eigenvalue weighted by Gasteiger charge is -2.08. The van der Waals surface area contributed by atoms with E-state index in [1.165, 1.54) is 31.5 Å². The first-order valence-corrected chi connectivity index (χ1v) is 6.77. The van der Waals surface area contributed by atoms with Gasteiger partial charge in [0.1, 0.15) is 0 Å². The van der Waals surface area contributed by atoms with Crippen molar-refractivity contribution in [3.8, 4) is 0 Å². The number of aromatic carboxylic acids is 1. The number of hydrogen-bond acceptors (Lipinski definition) is 3. The Balaban J connectivity index is 2.19. The lowest BCUT2D eigenvalue weighted by atomic mass is 10.1. The van der Waals surface area contributed by atoms with Crippen LogP contribution in [0, 0.1) is 0 Å². The molecule has 104 valence electrons. The van der Waals surface area contributed by atoms with Crippen LogP contribution in [0.25, 0.3) is 0 Å². The van der Waals surface area contributed by atoms with Crippen LogP contribution in [0.2, 0.25) is 0 Å². The van der Waals surface area contributed by atoms with E-state index in [0.717, 1.165) is 25.8 Å². The van der Waals surface area contributed by atoms with Crippen molar-refractivity contribution in [3.63, 3.8) is 0 Å². The summed E-state index contributed by atoms with van der Waals surface area (Å²) in [5, 5.41) is 12.2. The summed E-state index contributed by atoms with van der Waals surface area (Å²) in [7, 11) is 0. The number of nitrogens with one attached hydrogen (secondary N) is 1. The van der Waals surface area contributed by atoms with Gasteiger partial charge in [-0.1, -0.05) is 25.3 Å². The van der Waals surface area contributed by atoms with E-state index in [1.54, 1.807) is 6.20 Å². The van der Waals surface area contributed by atoms with Crippen LogP contribution >= 0.6 is 0 Å². The third-order valence-corrected chi connectivity index (χ3v) is 2.95.